The van der Waals surface area contributed by atoms with Crippen molar-refractivity contribution in [2.75, 3.05) is 11.9 Å². The third-order valence-electron chi connectivity index (χ3n) is 2.65. The van der Waals surface area contributed by atoms with Gasteiger partial charge in [0.1, 0.15) is 5.75 Å². The van der Waals surface area contributed by atoms with E-state index in [1.807, 2.05) is 49.4 Å². The Labute approximate surface area is 126 Å². The summed E-state index contributed by atoms with van der Waals surface area (Å²) in [5, 5.41) is 4.02. The summed E-state index contributed by atoms with van der Waals surface area (Å²) in [6.07, 6.45) is 0. The van der Waals surface area contributed by atoms with Gasteiger partial charge >= 0.3 is 0 Å². The molecule has 0 bridgehead atoms. The quantitative estimate of drug-likeness (QED) is 0.816. The minimum atomic E-state index is 0.687. The van der Waals surface area contributed by atoms with Crippen molar-refractivity contribution in [3.8, 4) is 5.75 Å². The largest absolute Gasteiger partial charge is 0.494 e. The van der Waals surface area contributed by atoms with Crippen LogP contribution in [0, 0.1) is 0 Å². The summed E-state index contributed by atoms with van der Waals surface area (Å²) >= 11 is 9.54. The zero-order chi connectivity index (χ0) is 13.7. The van der Waals surface area contributed by atoms with Crippen LogP contribution in [0.1, 0.15) is 12.5 Å². The van der Waals surface area contributed by atoms with Crippen molar-refractivity contribution in [3.05, 3.63) is 57.5 Å². The fourth-order valence-electron chi connectivity index (χ4n) is 1.70. The maximum Gasteiger partial charge on any atom is 0.119 e. The molecule has 0 radical (unpaired) electrons. The van der Waals surface area contributed by atoms with Crippen molar-refractivity contribution in [3.63, 3.8) is 0 Å². The zero-order valence-electron chi connectivity index (χ0n) is 10.6. The van der Waals surface area contributed by atoms with Crippen molar-refractivity contribution in [2.45, 2.75) is 13.5 Å². The number of nitrogens with one attached hydrogen (secondary N) is 1. The molecule has 0 aliphatic rings. The van der Waals surface area contributed by atoms with Gasteiger partial charge in [-0.25, -0.2) is 0 Å². The van der Waals surface area contributed by atoms with Gasteiger partial charge in [-0.05, 0) is 42.8 Å². The van der Waals surface area contributed by atoms with E-state index in [4.69, 9.17) is 16.3 Å². The van der Waals surface area contributed by atoms with E-state index in [0.717, 1.165) is 22.5 Å². The van der Waals surface area contributed by atoms with Crippen LogP contribution in [0.4, 0.5) is 5.69 Å². The molecule has 0 spiro atoms. The Balaban J connectivity index is 1.98. The third kappa shape index (κ3) is 4.15. The summed E-state index contributed by atoms with van der Waals surface area (Å²) in [5.74, 6) is 0.896. The summed E-state index contributed by atoms with van der Waals surface area (Å²) in [4.78, 5) is 0. The normalized spacial score (nSPS) is 10.3. The molecule has 0 aliphatic heterocycles. The van der Waals surface area contributed by atoms with Gasteiger partial charge in [0.25, 0.3) is 0 Å². The highest BCUT2D eigenvalue weighted by atomic mass is 79.9. The van der Waals surface area contributed by atoms with Crippen molar-refractivity contribution in [2.24, 2.45) is 0 Å². The summed E-state index contributed by atoms with van der Waals surface area (Å²) in [6.45, 7) is 3.39. The molecule has 0 saturated carbocycles. The lowest BCUT2D eigenvalue weighted by atomic mass is 10.2. The molecule has 0 fully saturated rings. The molecule has 100 valence electrons. The first kappa shape index (κ1) is 14.2. The first-order valence-corrected chi connectivity index (χ1v) is 7.27. The van der Waals surface area contributed by atoms with E-state index in [9.17, 15) is 0 Å². The highest BCUT2D eigenvalue weighted by Crippen LogP contribution is 2.26. The molecular weight excluding hydrogens is 326 g/mol. The van der Waals surface area contributed by atoms with E-state index in [2.05, 4.69) is 21.2 Å². The summed E-state index contributed by atoms with van der Waals surface area (Å²) in [6, 6.07) is 13.8. The van der Waals surface area contributed by atoms with Crippen LogP contribution < -0.4 is 10.1 Å². The van der Waals surface area contributed by atoms with Gasteiger partial charge in [-0.3, -0.25) is 0 Å². The molecular formula is C15H15BrClNO. The van der Waals surface area contributed by atoms with Crippen LogP contribution in [0.25, 0.3) is 0 Å². The van der Waals surface area contributed by atoms with Crippen LogP contribution in [0.5, 0.6) is 5.75 Å². The van der Waals surface area contributed by atoms with Crippen LogP contribution >= 0.6 is 27.5 Å². The molecule has 2 nitrogen and oxygen atoms in total. The molecule has 0 amide bonds. The van der Waals surface area contributed by atoms with E-state index in [1.54, 1.807) is 0 Å². The predicted molar refractivity (Wildman–Crippen MR) is 84.1 cm³/mol. The van der Waals surface area contributed by atoms with Crippen molar-refractivity contribution in [1.29, 1.82) is 0 Å². The lowest BCUT2D eigenvalue weighted by molar-refractivity contribution is 0.340. The Kier molecular flexibility index (Phi) is 5.11. The summed E-state index contributed by atoms with van der Waals surface area (Å²) < 4.78 is 6.39. The number of halogens is 2. The molecule has 2 aromatic rings. The Morgan fingerprint density at radius 3 is 2.53 bits per heavy atom. The first-order chi connectivity index (χ1) is 9.19. The molecule has 2 rings (SSSR count). The number of rotatable bonds is 5. The molecule has 0 saturated heterocycles. The van der Waals surface area contributed by atoms with Crippen molar-refractivity contribution in [1.82, 2.24) is 0 Å². The second-order valence-corrected chi connectivity index (χ2v) is 5.38. The number of hydrogen-bond acceptors (Lipinski definition) is 2. The lowest BCUT2D eigenvalue weighted by Gasteiger charge is -2.09. The van der Waals surface area contributed by atoms with Gasteiger partial charge in [0.2, 0.25) is 0 Å². The number of ether oxygens (including phenoxy) is 1. The smallest absolute Gasteiger partial charge is 0.119 e. The minimum Gasteiger partial charge on any atom is -0.494 e. The molecule has 4 heteroatoms. The van der Waals surface area contributed by atoms with E-state index in [1.165, 1.54) is 5.56 Å². The Bertz CT molecular complexity index is 542. The van der Waals surface area contributed by atoms with E-state index in [-0.39, 0.29) is 0 Å². The zero-order valence-corrected chi connectivity index (χ0v) is 13.0. The van der Waals surface area contributed by atoms with Crippen LogP contribution in [0.2, 0.25) is 5.02 Å². The van der Waals surface area contributed by atoms with Gasteiger partial charge in [0, 0.05) is 11.0 Å². The maximum atomic E-state index is 6.15. The van der Waals surface area contributed by atoms with Gasteiger partial charge in [-0.15, -0.1) is 0 Å². The molecule has 1 N–H and O–H groups in total. The van der Waals surface area contributed by atoms with Gasteiger partial charge in [0.15, 0.2) is 0 Å². The van der Waals surface area contributed by atoms with E-state index < -0.39 is 0 Å². The van der Waals surface area contributed by atoms with E-state index in [0.29, 0.717) is 11.6 Å². The van der Waals surface area contributed by atoms with Gasteiger partial charge in [0.05, 0.1) is 17.3 Å². The minimum absolute atomic E-state index is 0.687. The summed E-state index contributed by atoms with van der Waals surface area (Å²) in [7, 11) is 0. The Hall–Kier alpha value is -1.19. The monoisotopic (exact) mass is 339 g/mol. The fourth-order valence-corrected chi connectivity index (χ4v) is 2.44. The molecule has 19 heavy (non-hydrogen) atoms. The highest BCUT2D eigenvalue weighted by molar-refractivity contribution is 9.10. The van der Waals surface area contributed by atoms with Crippen molar-refractivity contribution < 1.29 is 4.74 Å². The second kappa shape index (κ2) is 6.83. The summed E-state index contributed by atoms with van der Waals surface area (Å²) in [5.41, 5.74) is 2.11. The SMILES string of the molecule is CCOc1ccc(CNc2ccc(Br)cc2Cl)cc1. The lowest BCUT2D eigenvalue weighted by Crippen LogP contribution is -2.00. The van der Waals surface area contributed by atoms with Crippen LogP contribution in [0.15, 0.2) is 46.9 Å². The predicted octanol–water partition coefficient (Wildman–Crippen LogP) is 5.11. The molecule has 0 heterocycles. The second-order valence-electron chi connectivity index (χ2n) is 4.05. The van der Waals surface area contributed by atoms with E-state index >= 15 is 0 Å². The van der Waals surface area contributed by atoms with Gasteiger partial charge in [-0.1, -0.05) is 39.7 Å². The topological polar surface area (TPSA) is 21.3 Å². The average molecular weight is 341 g/mol. The number of hydrogen-bond donors (Lipinski definition) is 1. The van der Waals surface area contributed by atoms with Gasteiger partial charge in [-0.2, -0.15) is 0 Å². The van der Waals surface area contributed by atoms with Gasteiger partial charge < -0.3 is 10.1 Å². The molecule has 0 atom stereocenters. The van der Waals surface area contributed by atoms with Crippen LogP contribution in [-0.4, -0.2) is 6.61 Å². The van der Waals surface area contributed by atoms with Crippen LogP contribution in [-0.2, 0) is 6.54 Å². The molecule has 0 aliphatic carbocycles. The Morgan fingerprint density at radius 1 is 1.16 bits per heavy atom. The standard InChI is InChI=1S/C15H15BrClNO/c1-2-19-13-6-3-11(4-7-13)10-18-15-8-5-12(16)9-14(15)17/h3-9,18H,2,10H2,1H3. The molecule has 0 aromatic heterocycles. The number of anilines is 1. The van der Waals surface area contributed by atoms with Crippen LogP contribution in [0.3, 0.4) is 0 Å². The first-order valence-electron chi connectivity index (χ1n) is 6.09. The Morgan fingerprint density at radius 2 is 1.89 bits per heavy atom. The fraction of sp³-hybridized carbons (Fsp3) is 0.200. The van der Waals surface area contributed by atoms with Crippen molar-refractivity contribution >= 4 is 33.2 Å². The molecule has 2 aromatic carbocycles. The number of benzene rings is 2. The maximum absolute atomic E-state index is 6.15. The third-order valence-corrected chi connectivity index (χ3v) is 3.45. The molecule has 0 unspecified atom stereocenters. The highest BCUT2D eigenvalue weighted by Gasteiger charge is 2.01. The average Bonchev–Trinajstić information content (AvgIpc) is 2.40.